The Labute approximate surface area is 72.1 Å². The van der Waals surface area contributed by atoms with Gasteiger partial charge in [-0.3, -0.25) is 4.99 Å². The third-order valence-corrected chi connectivity index (χ3v) is 2.12. The van der Waals surface area contributed by atoms with Crippen LogP contribution < -0.4 is 5.73 Å². The van der Waals surface area contributed by atoms with Gasteiger partial charge in [-0.2, -0.15) is 0 Å². The number of hydrogen-bond acceptors (Lipinski definition) is 2. The molecule has 0 amide bonds. The Hall–Kier alpha value is -1.31. The number of nitrogen functional groups attached to an aromatic ring is 1. The molecule has 2 N–H and O–H groups in total. The Morgan fingerprint density at radius 3 is 3.17 bits per heavy atom. The lowest BCUT2D eigenvalue weighted by atomic mass is 9.98. The average molecular weight is 160 g/mol. The molecule has 0 fully saturated rings. The molecular weight excluding hydrogens is 148 g/mol. The maximum Gasteiger partial charge on any atom is 0.0678 e. The number of fused-ring (bicyclic) bond motifs is 1. The lowest BCUT2D eigenvalue weighted by Gasteiger charge is -2.14. The fourth-order valence-electron chi connectivity index (χ4n) is 1.48. The molecule has 1 heterocycles. The van der Waals surface area contributed by atoms with Gasteiger partial charge >= 0.3 is 0 Å². The molecule has 1 aliphatic rings. The Morgan fingerprint density at radius 2 is 2.33 bits per heavy atom. The number of aliphatic imine (C=N–C) groups is 1. The monoisotopic (exact) mass is 160 g/mol. The largest absolute Gasteiger partial charge is 0.399 e. The number of hydrogen-bond donors (Lipinski definition) is 1. The van der Waals surface area contributed by atoms with Crippen LogP contribution in [0.15, 0.2) is 23.2 Å². The van der Waals surface area contributed by atoms with Gasteiger partial charge < -0.3 is 5.73 Å². The highest BCUT2D eigenvalue weighted by molar-refractivity contribution is 5.72. The van der Waals surface area contributed by atoms with Crippen LogP contribution in [0, 0.1) is 5.92 Å². The van der Waals surface area contributed by atoms with Crippen molar-refractivity contribution in [3.8, 4) is 0 Å². The SMILES string of the molecule is CC1C=Nc2cc(N)ccc2C1. The van der Waals surface area contributed by atoms with E-state index in [0.717, 1.165) is 17.8 Å². The minimum absolute atomic E-state index is 0.557. The second-order valence-corrected chi connectivity index (χ2v) is 3.35. The summed E-state index contributed by atoms with van der Waals surface area (Å²) in [5, 5.41) is 0. The van der Waals surface area contributed by atoms with E-state index in [-0.39, 0.29) is 0 Å². The van der Waals surface area contributed by atoms with Crippen molar-refractivity contribution < 1.29 is 0 Å². The van der Waals surface area contributed by atoms with E-state index in [0.29, 0.717) is 5.92 Å². The summed E-state index contributed by atoms with van der Waals surface area (Å²) in [5.41, 5.74) is 8.77. The zero-order valence-corrected chi connectivity index (χ0v) is 7.12. The van der Waals surface area contributed by atoms with Crippen LogP contribution in [-0.2, 0) is 6.42 Å². The normalized spacial score (nSPS) is 20.6. The lowest BCUT2D eigenvalue weighted by molar-refractivity contribution is 0.771. The van der Waals surface area contributed by atoms with Crippen molar-refractivity contribution in [3.05, 3.63) is 23.8 Å². The molecule has 2 nitrogen and oxygen atoms in total. The van der Waals surface area contributed by atoms with Crippen molar-refractivity contribution in [1.29, 1.82) is 0 Å². The van der Waals surface area contributed by atoms with Crippen LogP contribution in [0.25, 0.3) is 0 Å². The molecule has 2 heteroatoms. The molecule has 1 aromatic carbocycles. The highest BCUT2D eigenvalue weighted by Crippen LogP contribution is 2.27. The van der Waals surface area contributed by atoms with Gasteiger partial charge in [0.2, 0.25) is 0 Å². The van der Waals surface area contributed by atoms with E-state index in [9.17, 15) is 0 Å². The van der Waals surface area contributed by atoms with Crippen LogP contribution in [0.4, 0.5) is 11.4 Å². The second kappa shape index (κ2) is 2.63. The molecule has 12 heavy (non-hydrogen) atoms. The van der Waals surface area contributed by atoms with Gasteiger partial charge in [-0.15, -0.1) is 0 Å². The van der Waals surface area contributed by atoms with Crippen LogP contribution in [0.5, 0.6) is 0 Å². The van der Waals surface area contributed by atoms with Gasteiger partial charge in [0.1, 0.15) is 0 Å². The number of nitrogens with zero attached hydrogens (tertiary/aromatic N) is 1. The summed E-state index contributed by atoms with van der Waals surface area (Å²) in [6, 6.07) is 5.93. The summed E-state index contributed by atoms with van der Waals surface area (Å²) in [6.45, 7) is 2.17. The standard InChI is InChI=1S/C10H12N2/c1-7-4-8-2-3-9(11)5-10(8)12-6-7/h2-3,5-7H,4,11H2,1H3. The van der Waals surface area contributed by atoms with Crippen molar-refractivity contribution in [2.75, 3.05) is 5.73 Å². The van der Waals surface area contributed by atoms with Crippen LogP contribution in [-0.4, -0.2) is 6.21 Å². The molecule has 2 rings (SSSR count). The summed E-state index contributed by atoms with van der Waals surface area (Å²) < 4.78 is 0. The molecule has 62 valence electrons. The van der Waals surface area contributed by atoms with Gasteiger partial charge in [0.25, 0.3) is 0 Å². The zero-order chi connectivity index (χ0) is 8.55. The number of anilines is 1. The Bertz CT molecular complexity index is 329. The molecule has 1 aliphatic heterocycles. The molecule has 1 aromatic rings. The highest BCUT2D eigenvalue weighted by Gasteiger charge is 2.10. The Morgan fingerprint density at radius 1 is 1.50 bits per heavy atom. The summed E-state index contributed by atoms with van der Waals surface area (Å²) in [7, 11) is 0. The first-order valence-corrected chi connectivity index (χ1v) is 4.18. The molecule has 0 aromatic heterocycles. The van der Waals surface area contributed by atoms with E-state index >= 15 is 0 Å². The van der Waals surface area contributed by atoms with E-state index in [1.165, 1.54) is 5.56 Å². The van der Waals surface area contributed by atoms with E-state index in [2.05, 4.69) is 18.0 Å². The van der Waals surface area contributed by atoms with Crippen molar-refractivity contribution in [1.82, 2.24) is 0 Å². The van der Waals surface area contributed by atoms with Crippen molar-refractivity contribution in [2.24, 2.45) is 10.9 Å². The number of nitrogens with two attached hydrogens (primary N) is 1. The molecule has 1 atom stereocenters. The van der Waals surface area contributed by atoms with Crippen LogP contribution in [0.2, 0.25) is 0 Å². The maximum absolute atomic E-state index is 5.64. The van der Waals surface area contributed by atoms with Crippen molar-refractivity contribution in [2.45, 2.75) is 13.3 Å². The smallest absolute Gasteiger partial charge is 0.0678 e. The van der Waals surface area contributed by atoms with Crippen LogP contribution >= 0.6 is 0 Å². The zero-order valence-electron chi connectivity index (χ0n) is 7.12. The third-order valence-electron chi connectivity index (χ3n) is 2.12. The molecule has 0 bridgehead atoms. The van der Waals surface area contributed by atoms with Gasteiger partial charge in [0.15, 0.2) is 0 Å². The number of rotatable bonds is 0. The van der Waals surface area contributed by atoms with E-state index < -0.39 is 0 Å². The first-order valence-electron chi connectivity index (χ1n) is 4.18. The first-order chi connectivity index (χ1) is 5.75. The first kappa shape index (κ1) is 7.35. The van der Waals surface area contributed by atoms with Crippen molar-refractivity contribution in [3.63, 3.8) is 0 Å². The molecule has 0 spiro atoms. The van der Waals surface area contributed by atoms with Gasteiger partial charge in [-0.05, 0) is 30.0 Å². The van der Waals surface area contributed by atoms with Gasteiger partial charge in [-0.1, -0.05) is 13.0 Å². The van der Waals surface area contributed by atoms with Gasteiger partial charge in [-0.25, -0.2) is 0 Å². The second-order valence-electron chi connectivity index (χ2n) is 3.35. The molecule has 0 radical (unpaired) electrons. The molecule has 0 saturated heterocycles. The number of benzene rings is 1. The average Bonchev–Trinajstić information content (AvgIpc) is 2.05. The van der Waals surface area contributed by atoms with Gasteiger partial charge in [0.05, 0.1) is 5.69 Å². The maximum atomic E-state index is 5.64. The quantitative estimate of drug-likeness (QED) is 0.580. The summed E-state index contributed by atoms with van der Waals surface area (Å²) >= 11 is 0. The molecule has 0 saturated carbocycles. The predicted molar refractivity (Wildman–Crippen MR) is 51.9 cm³/mol. The third kappa shape index (κ3) is 1.20. The van der Waals surface area contributed by atoms with Crippen molar-refractivity contribution >= 4 is 17.6 Å². The minimum Gasteiger partial charge on any atom is -0.399 e. The van der Waals surface area contributed by atoms with E-state index in [1.54, 1.807) is 0 Å². The minimum atomic E-state index is 0.557. The van der Waals surface area contributed by atoms with E-state index in [4.69, 9.17) is 5.73 Å². The van der Waals surface area contributed by atoms with Crippen LogP contribution in [0.3, 0.4) is 0 Å². The topological polar surface area (TPSA) is 38.4 Å². The fourth-order valence-corrected chi connectivity index (χ4v) is 1.48. The summed E-state index contributed by atoms with van der Waals surface area (Å²) in [5.74, 6) is 0.557. The molecule has 1 unspecified atom stereocenters. The van der Waals surface area contributed by atoms with E-state index in [1.807, 2.05) is 18.3 Å². The lowest BCUT2D eigenvalue weighted by Crippen LogP contribution is -2.05. The van der Waals surface area contributed by atoms with Gasteiger partial charge in [0, 0.05) is 11.9 Å². The highest BCUT2D eigenvalue weighted by atomic mass is 14.7. The summed E-state index contributed by atoms with van der Waals surface area (Å²) in [6.07, 6.45) is 3.07. The molecular formula is C10H12N2. The fraction of sp³-hybridized carbons (Fsp3) is 0.300. The predicted octanol–water partition coefficient (Wildman–Crippen LogP) is 2.16. The molecule has 0 aliphatic carbocycles. The Kier molecular flexibility index (Phi) is 1.61. The summed E-state index contributed by atoms with van der Waals surface area (Å²) in [4.78, 5) is 4.33. The Balaban J connectivity index is 2.47. The van der Waals surface area contributed by atoms with Crippen LogP contribution in [0.1, 0.15) is 12.5 Å².